The minimum absolute atomic E-state index is 0.0582. The second-order valence-electron chi connectivity index (χ2n) is 8.38. The van der Waals surface area contributed by atoms with Crippen molar-refractivity contribution in [2.75, 3.05) is 31.1 Å². The van der Waals surface area contributed by atoms with Crippen LogP contribution in [0.1, 0.15) is 32.0 Å². The molecule has 2 atom stereocenters. The van der Waals surface area contributed by atoms with Crippen LogP contribution in [0.25, 0.3) is 0 Å². The van der Waals surface area contributed by atoms with Crippen molar-refractivity contribution < 1.29 is 0 Å². The third kappa shape index (κ3) is 3.49. The van der Waals surface area contributed by atoms with Crippen LogP contribution in [-0.2, 0) is 12.0 Å². The summed E-state index contributed by atoms with van der Waals surface area (Å²) < 4.78 is 0. The summed E-state index contributed by atoms with van der Waals surface area (Å²) in [5.74, 6) is 2.53. The molecule has 2 aromatic rings. The Morgan fingerprint density at radius 3 is 2.44 bits per heavy atom. The Morgan fingerprint density at radius 2 is 1.80 bits per heavy atom. The molecule has 132 valence electrons. The van der Waals surface area contributed by atoms with Crippen LogP contribution in [0.4, 0.5) is 5.82 Å². The molecule has 0 radical (unpaired) electrons. The highest BCUT2D eigenvalue weighted by atomic mass is 15.3. The monoisotopic (exact) mass is 338 g/mol. The highest BCUT2D eigenvalue weighted by Crippen LogP contribution is 2.34. The van der Waals surface area contributed by atoms with Gasteiger partial charge in [-0.15, -0.1) is 0 Å². The minimum atomic E-state index is 0.0582. The van der Waals surface area contributed by atoms with Crippen molar-refractivity contribution in [1.82, 2.24) is 25.1 Å². The summed E-state index contributed by atoms with van der Waals surface area (Å²) >= 11 is 0. The molecule has 0 aliphatic carbocycles. The summed E-state index contributed by atoms with van der Waals surface area (Å²) in [6.45, 7) is 12.1. The first kappa shape index (κ1) is 16.4. The summed E-state index contributed by atoms with van der Waals surface area (Å²) in [7, 11) is 0. The van der Waals surface area contributed by atoms with E-state index in [1.54, 1.807) is 12.5 Å². The SMILES string of the molecule is CC(C)(C)c1cc(N2CC3CN(Cc4ccnnc4)CC3C2)ncn1. The Hall–Kier alpha value is -2.08. The fourth-order valence-electron chi connectivity index (χ4n) is 4.01. The van der Waals surface area contributed by atoms with E-state index in [1.165, 1.54) is 5.56 Å². The van der Waals surface area contributed by atoms with Gasteiger partial charge in [-0.25, -0.2) is 9.97 Å². The van der Waals surface area contributed by atoms with Crippen molar-refractivity contribution >= 4 is 5.82 Å². The Balaban J connectivity index is 1.40. The molecule has 2 aliphatic rings. The number of anilines is 1. The van der Waals surface area contributed by atoms with Gasteiger partial charge in [0, 0.05) is 50.4 Å². The third-order valence-corrected chi connectivity index (χ3v) is 5.36. The largest absolute Gasteiger partial charge is 0.356 e. The van der Waals surface area contributed by atoms with Crippen molar-refractivity contribution in [2.24, 2.45) is 11.8 Å². The smallest absolute Gasteiger partial charge is 0.132 e. The molecule has 0 amide bonds. The normalized spacial score (nSPS) is 23.9. The first-order valence-corrected chi connectivity index (χ1v) is 9.04. The highest BCUT2D eigenvalue weighted by Gasteiger charge is 2.40. The van der Waals surface area contributed by atoms with Crippen LogP contribution in [0.5, 0.6) is 0 Å². The fourth-order valence-corrected chi connectivity index (χ4v) is 4.01. The molecule has 25 heavy (non-hydrogen) atoms. The fraction of sp³-hybridized carbons (Fsp3) is 0.579. The van der Waals surface area contributed by atoms with Crippen molar-refractivity contribution in [3.05, 3.63) is 42.1 Å². The molecule has 6 nitrogen and oxygen atoms in total. The third-order valence-electron chi connectivity index (χ3n) is 5.36. The molecule has 4 rings (SSSR count). The molecular weight excluding hydrogens is 312 g/mol. The van der Waals surface area contributed by atoms with Crippen molar-refractivity contribution in [3.8, 4) is 0 Å². The van der Waals surface area contributed by atoms with E-state index in [0.29, 0.717) is 0 Å². The van der Waals surface area contributed by atoms with Gasteiger partial charge in [0.2, 0.25) is 0 Å². The van der Waals surface area contributed by atoms with E-state index in [2.05, 4.69) is 62.9 Å². The summed E-state index contributed by atoms with van der Waals surface area (Å²) in [4.78, 5) is 14.0. The number of aromatic nitrogens is 4. The molecule has 2 aliphatic heterocycles. The van der Waals surface area contributed by atoms with E-state index in [0.717, 1.165) is 56.1 Å². The van der Waals surface area contributed by atoms with Gasteiger partial charge in [0.1, 0.15) is 12.1 Å². The lowest BCUT2D eigenvalue weighted by Gasteiger charge is -2.24. The average molecular weight is 338 g/mol. The van der Waals surface area contributed by atoms with Gasteiger partial charge < -0.3 is 4.90 Å². The zero-order valence-corrected chi connectivity index (χ0v) is 15.3. The molecule has 2 saturated heterocycles. The first-order valence-electron chi connectivity index (χ1n) is 9.04. The van der Waals surface area contributed by atoms with Gasteiger partial charge >= 0.3 is 0 Å². The molecule has 2 unspecified atom stereocenters. The van der Waals surface area contributed by atoms with Gasteiger partial charge in [-0.05, 0) is 23.5 Å². The van der Waals surface area contributed by atoms with E-state index in [4.69, 9.17) is 0 Å². The van der Waals surface area contributed by atoms with Crippen LogP contribution < -0.4 is 4.90 Å². The molecule has 0 spiro atoms. The number of hydrogen-bond acceptors (Lipinski definition) is 6. The molecule has 0 N–H and O–H groups in total. The topological polar surface area (TPSA) is 58.0 Å². The van der Waals surface area contributed by atoms with Gasteiger partial charge in [-0.2, -0.15) is 10.2 Å². The predicted molar refractivity (Wildman–Crippen MR) is 97.2 cm³/mol. The van der Waals surface area contributed by atoms with Crippen LogP contribution in [0.15, 0.2) is 30.9 Å². The first-order chi connectivity index (χ1) is 12.0. The molecule has 0 saturated carbocycles. The zero-order valence-electron chi connectivity index (χ0n) is 15.3. The zero-order chi connectivity index (χ0) is 17.4. The van der Waals surface area contributed by atoms with Crippen molar-refractivity contribution in [3.63, 3.8) is 0 Å². The van der Waals surface area contributed by atoms with E-state index >= 15 is 0 Å². The Kier molecular flexibility index (Phi) is 4.15. The van der Waals surface area contributed by atoms with Crippen LogP contribution in [0.2, 0.25) is 0 Å². The number of nitrogens with zero attached hydrogens (tertiary/aromatic N) is 6. The maximum atomic E-state index is 4.53. The van der Waals surface area contributed by atoms with Crippen LogP contribution in [-0.4, -0.2) is 51.2 Å². The van der Waals surface area contributed by atoms with Gasteiger partial charge in [-0.3, -0.25) is 4.90 Å². The van der Waals surface area contributed by atoms with Crippen LogP contribution in [0, 0.1) is 11.8 Å². The maximum absolute atomic E-state index is 4.53. The summed E-state index contributed by atoms with van der Waals surface area (Å²) in [5, 5.41) is 7.84. The lowest BCUT2D eigenvalue weighted by atomic mass is 9.92. The Bertz CT molecular complexity index is 712. The van der Waals surface area contributed by atoms with E-state index in [9.17, 15) is 0 Å². The highest BCUT2D eigenvalue weighted by molar-refractivity contribution is 5.42. The molecule has 0 bridgehead atoms. The van der Waals surface area contributed by atoms with Gasteiger partial charge in [0.15, 0.2) is 0 Å². The minimum Gasteiger partial charge on any atom is -0.356 e. The number of hydrogen-bond donors (Lipinski definition) is 0. The second-order valence-corrected chi connectivity index (χ2v) is 8.38. The second kappa shape index (κ2) is 6.33. The summed E-state index contributed by atoms with van der Waals surface area (Å²) in [6.07, 6.45) is 5.36. The van der Waals surface area contributed by atoms with E-state index in [-0.39, 0.29) is 5.41 Å². The molecule has 2 aromatic heterocycles. The Morgan fingerprint density at radius 1 is 1.04 bits per heavy atom. The lowest BCUT2D eigenvalue weighted by molar-refractivity contribution is 0.308. The van der Waals surface area contributed by atoms with Crippen molar-refractivity contribution in [1.29, 1.82) is 0 Å². The van der Waals surface area contributed by atoms with Crippen LogP contribution >= 0.6 is 0 Å². The lowest BCUT2D eigenvalue weighted by Crippen LogP contribution is -2.29. The Labute approximate surface area is 149 Å². The van der Waals surface area contributed by atoms with Crippen LogP contribution in [0.3, 0.4) is 0 Å². The maximum Gasteiger partial charge on any atom is 0.132 e. The van der Waals surface area contributed by atoms with E-state index < -0.39 is 0 Å². The molecule has 4 heterocycles. The molecule has 0 aromatic carbocycles. The van der Waals surface area contributed by atoms with Gasteiger partial charge in [-0.1, -0.05) is 20.8 Å². The molecule has 6 heteroatoms. The number of fused-ring (bicyclic) bond motifs is 1. The summed E-state index contributed by atoms with van der Waals surface area (Å²) in [6, 6.07) is 4.23. The van der Waals surface area contributed by atoms with Gasteiger partial charge in [0.05, 0.1) is 11.9 Å². The standard InChI is InChI=1S/C19H26N6/c1-19(2,3)17-6-18(21-13-20-17)25-11-15-9-24(10-16(15)12-25)8-14-4-5-22-23-7-14/h4-7,13,15-16H,8-12H2,1-3H3. The average Bonchev–Trinajstić information content (AvgIpc) is 3.13. The molecular formula is C19H26N6. The van der Waals surface area contributed by atoms with Crippen molar-refractivity contribution in [2.45, 2.75) is 32.7 Å². The quantitative estimate of drug-likeness (QED) is 0.854. The summed E-state index contributed by atoms with van der Waals surface area (Å²) in [5.41, 5.74) is 2.42. The number of likely N-dealkylation sites (tertiary alicyclic amines) is 1. The van der Waals surface area contributed by atoms with Gasteiger partial charge in [0.25, 0.3) is 0 Å². The van der Waals surface area contributed by atoms with E-state index in [1.807, 2.05) is 6.20 Å². The molecule has 2 fully saturated rings. The predicted octanol–water partition coefficient (Wildman–Crippen LogP) is 2.13. The number of rotatable bonds is 3.